The summed E-state index contributed by atoms with van der Waals surface area (Å²) in [5, 5.41) is 20.1. The highest BCUT2D eigenvalue weighted by atomic mass is 16.6. The summed E-state index contributed by atoms with van der Waals surface area (Å²) in [6.07, 6.45) is 2.90. The third-order valence-electron chi connectivity index (χ3n) is 4.42. The van der Waals surface area contributed by atoms with Gasteiger partial charge in [0.2, 0.25) is 0 Å². The summed E-state index contributed by atoms with van der Waals surface area (Å²) in [6, 6.07) is 6.46. The van der Waals surface area contributed by atoms with E-state index >= 15 is 0 Å². The SMILES string of the molecule is CCC1(C(=O)O)CCCN1CCc1ccc([N+](=O)[O-])cc1. The average Bonchev–Trinajstić information content (AvgIpc) is 2.89. The number of nitrogens with zero attached hydrogens (tertiary/aromatic N) is 2. The van der Waals surface area contributed by atoms with Crippen LogP contribution in [0.15, 0.2) is 24.3 Å². The molecule has 6 nitrogen and oxygen atoms in total. The number of carboxylic acids is 1. The summed E-state index contributed by atoms with van der Waals surface area (Å²) in [6.45, 7) is 3.38. The number of carbonyl (C=O) groups is 1. The van der Waals surface area contributed by atoms with Gasteiger partial charge in [-0.1, -0.05) is 19.1 Å². The molecule has 2 rings (SSSR count). The van der Waals surface area contributed by atoms with Gasteiger partial charge >= 0.3 is 5.97 Å². The fourth-order valence-corrected chi connectivity index (χ4v) is 3.10. The Bertz CT molecular complexity index is 529. The van der Waals surface area contributed by atoms with Crippen molar-refractivity contribution < 1.29 is 14.8 Å². The van der Waals surface area contributed by atoms with Crippen molar-refractivity contribution in [3.8, 4) is 0 Å². The molecule has 1 fully saturated rings. The summed E-state index contributed by atoms with van der Waals surface area (Å²) in [5.74, 6) is -0.744. The topological polar surface area (TPSA) is 83.7 Å². The molecule has 0 aliphatic carbocycles. The first kappa shape index (κ1) is 15.4. The summed E-state index contributed by atoms with van der Waals surface area (Å²) >= 11 is 0. The van der Waals surface area contributed by atoms with Crippen LogP contribution in [0.5, 0.6) is 0 Å². The number of likely N-dealkylation sites (tertiary alicyclic amines) is 1. The molecule has 0 spiro atoms. The molecule has 1 N–H and O–H groups in total. The van der Waals surface area contributed by atoms with Gasteiger partial charge in [-0.15, -0.1) is 0 Å². The lowest BCUT2D eigenvalue weighted by atomic mass is 9.92. The van der Waals surface area contributed by atoms with Crippen molar-refractivity contribution in [3.63, 3.8) is 0 Å². The summed E-state index contributed by atoms with van der Waals surface area (Å²) in [5.41, 5.74) is 0.331. The van der Waals surface area contributed by atoms with E-state index in [9.17, 15) is 20.0 Å². The second-order valence-corrected chi connectivity index (χ2v) is 5.45. The lowest BCUT2D eigenvalue weighted by Crippen LogP contribution is -2.50. The third kappa shape index (κ3) is 3.05. The Kier molecular flexibility index (Phi) is 4.57. The van der Waals surface area contributed by atoms with E-state index in [0.29, 0.717) is 25.8 Å². The Labute approximate surface area is 123 Å². The molecule has 1 heterocycles. The van der Waals surface area contributed by atoms with Gasteiger partial charge in [0.05, 0.1) is 4.92 Å². The first-order valence-corrected chi connectivity index (χ1v) is 7.21. The van der Waals surface area contributed by atoms with Gasteiger partial charge in [0.15, 0.2) is 0 Å². The minimum absolute atomic E-state index is 0.0772. The highest BCUT2D eigenvalue weighted by molar-refractivity contribution is 5.79. The molecule has 114 valence electrons. The van der Waals surface area contributed by atoms with E-state index in [-0.39, 0.29) is 5.69 Å². The summed E-state index contributed by atoms with van der Waals surface area (Å²) in [4.78, 5) is 23.8. The van der Waals surface area contributed by atoms with Gasteiger partial charge in [0.1, 0.15) is 5.54 Å². The molecule has 0 saturated carbocycles. The van der Waals surface area contributed by atoms with Crippen molar-refractivity contribution >= 4 is 11.7 Å². The average molecular weight is 292 g/mol. The van der Waals surface area contributed by atoms with Crippen LogP contribution in [0.4, 0.5) is 5.69 Å². The Balaban J connectivity index is 2.02. The predicted molar refractivity (Wildman–Crippen MR) is 78.3 cm³/mol. The molecule has 1 unspecified atom stereocenters. The van der Waals surface area contributed by atoms with Gasteiger partial charge in [-0.05, 0) is 37.8 Å². The van der Waals surface area contributed by atoms with E-state index in [4.69, 9.17) is 0 Å². The van der Waals surface area contributed by atoms with E-state index in [1.807, 2.05) is 11.8 Å². The van der Waals surface area contributed by atoms with Gasteiger partial charge in [-0.25, -0.2) is 0 Å². The minimum atomic E-state index is -0.744. The number of non-ortho nitro benzene ring substituents is 1. The van der Waals surface area contributed by atoms with Crippen LogP contribution in [-0.2, 0) is 11.2 Å². The highest BCUT2D eigenvalue weighted by Gasteiger charge is 2.45. The number of nitro benzene ring substituents is 1. The van der Waals surface area contributed by atoms with E-state index in [2.05, 4.69) is 0 Å². The normalized spacial score (nSPS) is 22.3. The van der Waals surface area contributed by atoms with Crippen LogP contribution < -0.4 is 0 Å². The molecule has 1 saturated heterocycles. The number of hydrogen-bond acceptors (Lipinski definition) is 4. The molecule has 1 aromatic carbocycles. The van der Waals surface area contributed by atoms with Gasteiger partial charge in [-0.2, -0.15) is 0 Å². The van der Waals surface area contributed by atoms with Gasteiger partial charge in [0.25, 0.3) is 5.69 Å². The van der Waals surface area contributed by atoms with Crippen LogP contribution in [0.1, 0.15) is 31.7 Å². The van der Waals surface area contributed by atoms with Crippen LogP contribution in [0.25, 0.3) is 0 Å². The highest BCUT2D eigenvalue weighted by Crippen LogP contribution is 2.32. The van der Waals surface area contributed by atoms with Crippen LogP contribution >= 0.6 is 0 Å². The fraction of sp³-hybridized carbons (Fsp3) is 0.533. The smallest absolute Gasteiger partial charge is 0.324 e. The zero-order chi connectivity index (χ0) is 15.5. The molecular formula is C15H20N2O4. The fourth-order valence-electron chi connectivity index (χ4n) is 3.10. The maximum absolute atomic E-state index is 11.6. The van der Waals surface area contributed by atoms with Crippen molar-refractivity contribution in [1.82, 2.24) is 4.90 Å². The minimum Gasteiger partial charge on any atom is -0.480 e. The first-order valence-electron chi connectivity index (χ1n) is 7.21. The van der Waals surface area contributed by atoms with Crippen LogP contribution in [0.3, 0.4) is 0 Å². The van der Waals surface area contributed by atoms with E-state index in [1.54, 1.807) is 12.1 Å². The first-order chi connectivity index (χ1) is 9.99. The lowest BCUT2D eigenvalue weighted by Gasteiger charge is -2.33. The predicted octanol–water partition coefficient (Wildman–Crippen LogP) is 2.47. The molecule has 0 aromatic heterocycles. The Hall–Kier alpha value is -1.95. The third-order valence-corrected chi connectivity index (χ3v) is 4.42. The van der Waals surface area contributed by atoms with Crippen molar-refractivity contribution in [2.75, 3.05) is 13.1 Å². The van der Waals surface area contributed by atoms with Gasteiger partial charge in [-0.3, -0.25) is 19.8 Å². The molecule has 0 bridgehead atoms. The maximum Gasteiger partial charge on any atom is 0.324 e. The number of benzene rings is 1. The van der Waals surface area contributed by atoms with Crippen LogP contribution in [-0.4, -0.2) is 39.5 Å². The van der Waals surface area contributed by atoms with Gasteiger partial charge < -0.3 is 5.11 Å². The molecule has 0 radical (unpaired) electrons. The second kappa shape index (κ2) is 6.22. The van der Waals surface area contributed by atoms with Crippen molar-refractivity contribution in [1.29, 1.82) is 0 Å². The van der Waals surface area contributed by atoms with Crippen LogP contribution in [0.2, 0.25) is 0 Å². The molecule has 21 heavy (non-hydrogen) atoms. The summed E-state index contributed by atoms with van der Waals surface area (Å²) < 4.78 is 0. The number of rotatable bonds is 6. The van der Waals surface area contributed by atoms with Crippen molar-refractivity contribution in [2.45, 2.75) is 38.1 Å². The van der Waals surface area contributed by atoms with Crippen molar-refractivity contribution in [2.24, 2.45) is 0 Å². The standard InChI is InChI=1S/C15H20N2O4/c1-2-15(14(18)19)9-3-10-16(15)11-8-12-4-6-13(7-5-12)17(20)21/h4-7H,2-3,8-11H2,1H3,(H,18,19). The second-order valence-electron chi connectivity index (χ2n) is 5.45. The number of hydrogen-bond donors (Lipinski definition) is 1. The number of carboxylic acid groups (broad SMARTS) is 1. The molecule has 1 aliphatic rings. The maximum atomic E-state index is 11.6. The largest absolute Gasteiger partial charge is 0.480 e. The molecule has 1 aliphatic heterocycles. The van der Waals surface area contributed by atoms with Gasteiger partial charge in [0, 0.05) is 18.7 Å². The molecule has 6 heteroatoms. The van der Waals surface area contributed by atoms with E-state index in [0.717, 1.165) is 18.5 Å². The molecule has 0 amide bonds. The van der Waals surface area contributed by atoms with Crippen molar-refractivity contribution in [3.05, 3.63) is 39.9 Å². The zero-order valence-electron chi connectivity index (χ0n) is 12.1. The molecule has 1 aromatic rings. The molecular weight excluding hydrogens is 272 g/mol. The van der Waals surface area contributed by atoms with E-state index < -0.39 is 16.4 Å². The quantitative estimate of drug-likeness (QED) is 0.643. The van der Waals surface area contributed by atoms with E-state index in [1.165, 1.54) is 12.1 Å². The Morgan fingerprint density at radius 1 is 1.43 bits per heavy atom. The Morgan fingerprint density at radius 3 is 2.62 bits per heavy atom. The van der Waals surface area contributed by atoms with Crippen LogP contribution in [0, 0.1) is 10.1 Å². The molecule has 1 atom stereocenters. The zero-order valence-corrected chi connectivity index (χ0v) is 12.1. The monoisotopic (exact) mass is 292 g/mol. The Morgan fingerprint density at radius 2 is 2.10 bits per heavy atom. The number of nitro groups is 1. The summed E-state index contributed by atoms with van der Waals surface area (Å²) in [7, 11) is 0. The number of aliphatic carboxylic acids is 1. The lowest BCUT2D eigenvalue weighted by molar-refractivity contribution is -0.384.